The number of fused-ring (bicyclic) bond motifs is 8. The number of nitrogens with one attached hydrogen (secondary N) is 1. The van der Waals surface area contributed by atoms with Crippen molar-refractivity contribution in [1.29, 1.82) is 0 Å². The monoisotopic (exact) mass is 206 g/mol. The fourth-order valence-electron chi connectivity index (χ4n) is 3.47. The second-order valence-corrected chi connectivity index (χ2v) is 5.25. The number of ether oxygens (including phenoxy) is 2. The average Bonchev–Trinajstić information content (AvgIpc) is 2.75. The van der Waals surface area contributed by atoms with Crippen molar-refractivity contribution in [2.75, 3.05) is 0 Å². The number of aromatic nitrogens is 2. The first-order valence-corrected chi connectivity index (χ1v) is 5.54. The number of hydrogen-bond acceptors (Lipinski definition) is 3. The van der Waals surface area contributed by atoms with Crippen LogP contribution in [0.15, 0.2) is 6.20 Å². The van der Waals surface area contributed by atoms with E-state index in [2.05, 4.69) is 10.2 Å². The standard InChI is InChI=1S/C11H14N2O2/c1-11(2)14-9-5-3-6(10(9)15-11)8-7(5)4-12-13-8/h4-6,9-10H,3H2,1-2H3,(H,12,13)/t5-,6+,9-,10+/m1/s1. The molecule has 4 rings (SSSR count). The molecule has 3 aliphatic rings. The third kappa shape index (κ3) is 0.874. The minimum absolute atomic E-state index is 0.234. The summed E-state index contributed by atoms with van der Waals surface area (Å²) in [5, 5.41) is 7.22. The van der Waals surface area contributed by atoms with Gasteiger partial charge < -0.3 is 9.47 Å². The molecule has 80 valence electrons. The lowest BCUT2D eigenvalue weighted by atomic mass is 9.93. The second-order valence-electron chi connectivity index (χ2n) is 5.25. The fourth-order valence-corrected chi connectivity index (χ4v) is 3.47. The van der Waals surface area contributed by atoms with Gasteiger partial charge in [0.25, 0.3) is 0 Å². The summed E-state index contributed by atoms with van der Waals surface area (Å²) in [6.07, 6.45) is 3.59. The van der Waals surface area contributed by atoms with E-state index in [-0.39, 0.29) is 12.2 Å². The molecule has 1 aromatic rings. The summed E-state index contributed by atoms with van der Waals surface area (Å²) >= 11 is 0. The quantitative estimate of drug-likeness (QED) is 0.700. The van der Waals surface area contributed by atoms with Gasteiger partial charge >= 0.3 is 0 Å². The lowest BCUT2D eigenvalue weighted by molar-refractivity contribution is -0.153. The highest BCUT2D eigenvalue weighted by Gasteiger charge is 2.59. The van der Waals surface area contributed by atoms with E-state index in [0.717, 1.165) is 6.42 Å². The zero-order chi connectivity index (χ0) is 10.2. The third-order valence-electron chi connectivity index (χ3n) is 3.93. The first-order valence-electron chi connectivity index (χ1n) is 5.54. The van der Waals surface area contributed by atoms with Crippen LogP contribution in [0.5, 0.6) is 0 Å². The maximum Gasteiger partial charge on any atom is 0.163 e. The van der Waals surface area contributed by atoms with Gasteiger partial charge in [0.05, 0.1) is 18.4 Å². The number of rotatable bonds is 0. The minimum Gasteiger partial charge on any atom is -0.344 e. The summed E-state index contributed by atoms with van der Waals surface area (Å²) in [7, 11) is 0. The Hall–Kier alpha value is -0.870. The van der Waals surface area contributed by atoms with E-state index in [1.165, 1.54) is 11.3 Å². The molecule has 1 aromatic heterocycles. The van der Waals surface area contributed by atoms with Crippen molar-refractivity contribution in [3.63, 3.8) is 0 Å². The van der Waals surface area contributed by atoms with Gasteiger partial charge in [0.1, 0.15) is 0 Å². The summed E-state index contributed by atoms with van der Waals surface area (Å²) in [6, 6.07) is 0. The summed E-state index contributed by atoms with van der Waals surface area (Å²) in [5.74, 6) is 0.554. The van der Waals surface area contributed by atoms with Gasteiger partial charge in [-0.05, 0) is 25.8 Å². The molecule has 1 N–H and O–H groups in total. The Labute approximate surface area is 88.0 Å². The molecule has 2 bridgehead atoms. The summed E-state index contributed by atoms with van der Waals surface area (Å²) in [6.45, 7) is 3.99. The van der Waals surface area contributed by atoms with Crippen LogP contribution >= 0.6 is 0 Å². The molecule has 0 spiro atoms. The van der Waals surface area contributed by atoms with Crippen molar-refractivity contribution in [3.05, 3.63) is 17.5 Å². The average molecular weight is 206 g/mol. The van der Waals surface area contributed by atoms with Crippen LogP contribution in [0, 0.1) is 0 Å². The van der Waals surface area contributed by atoms with Crippen molar-refractivity contribution in [2.45, 2.75) is 50.1 Å². The van der Waals surface area contributed by atoms with Crippen molar-refractivity contribution in [1.82, 2.24) is 10.2 Å². The van der Waals surface area contributed by atoms with E-state index >= 15 is 0 Å². The van der Waals surface area contributed by atoms with Crippen LogP contribution in [0.1, 0.15) is 43.4 Å². The molecule has 1 saturated carbocycles. The maximum atomic E-state index is 5.97. The van der Waals surface area contributed by atoms with Crippen molar-refractivity contribution >= 4 is 0 Å². The number of aromatic amines is 1. The Bertz CT molecular complexity index is 391. The number of hydrogen-bond donors (Lipinski definition) is 1. The van der Waals surface area contributed by atoms with Crippen LogP contribution < -0.4 is 0 Å². The van der Waals surface area contributed by atoms with Crippen LogP contribution in [-0.4, -0.2) is 28.2 Å². The maximum absolute atomic E-state index is 5.97. The third-order valence-corrected chi connectivity index (χ3v) is 3.93. The lowest BCUT2D eigenvalue weighted by Gasteiger charge is -2.20. The zero-order valence-corrected chi connectivity index (χ0v) is 8.86. The van der Waals surface area contributed by atoms with Crippen molar-refractivity contribution in [2.24, 2.45) is 0 Å². The van der Waals surface area contributed by atoms with Gasteiger partial charge in [-0.1, -0.05) is 0 Å². The zero-order valence-electron chi connectivity index (χ0n) is 8.86. The van der Waals surface area contributed by atoms with E-state index in [4.69, 9.17) is 9.47 Å². The summed E-state index contributed by atoms with van der Waals surface area (Å²) < 4.78 is 11.9. The predicted octanol–water partition coefficient (Wildman–Crippen LogP) is 1.51. The van der Waals surface area contributed by atoms with Gasteiger partial charge in [-0.25, -0.2) is 0 Å². The molecule has 0 radical (unpaired) electrons. The highest BCUT2D eigenvalue weighted by Crippen LogP contribution is 2.58. The molecule has 0 amide bonds. The van der Waals surface area contributed by atoms with E-state index in [1.54, 1.807) is 0 Å². The fraction of sp³-hybridized carbons (Fsp3) is 0.727. The van der Waals surface area contributed by atoms with Crippen LogP contribution in [0.4, 0.5) is 0 Å². The van der Waals surface area contributed by atoms with Gasteiger partial charge in [0.2, 0.25) is 0 Å². The van der Waals surface area contributed by atoms with E-state index < -0.39 is 5.79 Å². The van der Waals surface area contributed by atoms with Crippen LogP contribution in [-0.2, 0) is 9.47 Å². The van der Waals surface area contributed by atoms with Crippen molar-refractivity contribution in [3.8, 4) is 0 Å². The van der Waals surface area contributed by atoms with Crippen molar-refractivity contribution < 1.29 is 9.47 Å². The van der Waals surface area contributed by atoms with E-state index in [1.807, 2.05) is 20.0 Å². The molecular formula is C11H14N2O2. The highest BCUT2D eigenvalue weighted by molar-refractivity contribution is 5.39. The smallest absolute Gasteiger partial charge is 0.163 e. The predicted molar refractivity (Wildman–Crippen MR) is 52.5 cm³/mol. The van der Waals surface area contributed by atoms with Gasteiger partial charge in [-0.15, -0.1) is 0 Å². The van der Waals surface area contributed by atoms with Gasteiger partial charge in [0, 0.05) is 17.5 Å². The largest absolute Gasteiger partial charge is 0.344 e. The topological polar surface area (TPSA) is 47.1 Å². The molecule has 1 saturated heterocycles. The Morgan fingerprint density at radius 2 is 2.07 bits per heavy atom. The Kier molecular flexibility index (Phi) is 1.26. The number of H-pyrrole nitrogens is 1. The van der Waals surface area contributed by atoms with Gasteiger partial charge in [-0.3, -0.25) is 5.10 Å². The molecule has 4 atom stereocenters. The molecule has 2 heterocycles. The molecule has 0 aromatic carbocycles. The van der Waals surface area contributed by atoms with Crippen LogP contribution in [0.25, 0.3) is 0 Å². The molecule has 4 heteroatoms. The van der Waals surface area contributed by atoms with E-state index in [0.29, 0.717) is 11.8 Å². The van der Waals surface area contributed by atoms with Gasteiger partial charge in [-0.2, -0.15) is 5.10 Å². The molecular weight excluding hydrogens is 192 g/mol. The molecule has 1 aliphatic heterocycles. The van der Waals surface area contributed by atoms with E-state index in [9.17, 15) is 0 Å². The van der Waals surface area contributed by atoms with Crippen LogP contribution in [0.3, 0.4) is 0 Å². The Balaban J connectivity index is 1.80. The second kappa shape index (κ2) is 2.28. The molecule has 2 fully saturated rings. The highest BCUT2D eigenvalue weighted by atomic mass is 16.8. The minimum atomic E-state index is -0.414. The summed E-state index contributed by atoms with van der Waals surface area (Å²) in [5.41, 5.74) is 2.63. The first-order chi connectivity index (χ1) is 7.16. The normalized spacial score (nSPS) is 44.4. The molecule has 15 heavy (non-hydrogen) atoms. The molecule has 4 nitrogen and oxygen atoms in total. The SMILES string of the molecule is CC1(C)O[C@@H]2[C@H](O1)[C@@H]1C[C@H]2c2[nH]ncc21. The Morgan fingerprint density at radius 3 is 2.87 bits per heavy atom. The Morgan fingerprint density at radius 1 is 1.33 bits per heavy atom. The first kappa shape index (κ1) is 8.30. The summed E-state index contributed by atoms with van der Waals surface area (Å²) in [4.78, 5) is 0. The van der Waals surface area contributed by atoms with Gasteiger partial charge in [0.15, 0.2) is 5.79 Å². The number of nitrogens with zero attached hydrogens (tertiary/aromatic N) is 1. The molecule has 0 unspecified atom stereocenters. The lowest BCUT2D eigenvalue weighted by Crippen LogP contribution is -2.28. The van der Waals surface area contributed by atoms with Crippen LogP contribution in [0.2, 0.25) is 0 Å². The molecule has 2 aliphatic carbocycles.